The Balaban J connectivity index is 1.53. The van der Waals surface area contributed by atoms with Crippen LogP contribution in [0.15, 0.2) is 11.6 Å². The van der Waals surface area contributed by atoms with E-state index in [9.17, 15) is 14.7 Å². The second-order valence-electron chi connectivity index (χ2n) is 15.9. The van der Waals surface area contributed by atoms with Crippen LogP contribution < -0.4 is 0 Å². The zero-order valence-corrected chi connectivity index (χ0v) is 25.2. The number of aliphatic hydroxyl groups is 1. The fourth-order valence-electron chi connectivity index (χ4n) is 11.2. The van der Waals surface area contributed by atoms with Gasteiger partial charge in [0.05, 0.1) is 12.5 Å². The summed E-state index contributed by atoms with van der Waals surface area (Å²) in [6.45, 7) is 16.4. The Morgan fingerprint density at radius 2 is 1.61 bits per heavy atom. The monoisotopic (exact) mass is 528 g/mol. The Hall–Kier alpha value is -1.36. The maximum Gasteiger partial charge on any atom is 0.332 e. The van der Waals surface area contributed by atoms with Crippen molar-refractivity contribution in [2.45, 2.75) is 119 Å². The Labute approximate surface area is 230 Å². The second kappa shape index (κ2) is 8.82. The van der Waals surface area contributed by atoms with E-state index in [4.69, 9.17) is 9.47 Å². The van der Waals surface area contributed by atoms with Gasteiger partial charge in [0.25, 0.3) is 0 Å². The highest BCUT2D eigenvalue weighted by molar-refractivity contribution is 5.78. The number of methoxy groups -OCH3 is 1. The first-order valence-electron chi connectivity index (χ1n) is 15.2. The smallest absolute Gasteiger partial charge is 0.332 e. The van der Waals surface area contributed by atoms with Crippen molar-refractivity contribution in [3.63, 3.8) is 0 Å². The molecule has 214 valence electrons. The van der Waals surface area contributed by atoms with Crippen molar-refractivity contribution in [1.29, 1.82) is 0 Å². The molecule has 0 radical (unpaired) electrons. The van der Waals surface area contributed by atoms with Crippen LogP contribution in [0.5, 0.6) is 0 Å². The molecule has 38 heavy (non-hydrogen) atoms. The zero-order chi connectivity index (χ0) is 27.9. The summed E-state index contributed by atoms with van der Waals surface area (Å²) < 4.78 is 11.3. The largest absolute Gasteiger partial charge is 0.469 e. The molecule has 5 nitrogen and oxygen atoms in total. The number of rotatable bonds is 3. The van der Waals surface area contributed by atoms with E-state index in [2.05, 4.69) is 54.5 Å². The molecule has 5 aliphatic rings. The third kappa shape index (κ3) is 3.65. The molecule has 0 aromatic heterocycles. The lowest BCUT2D eigenvalue weighted by Gasteiger charge is -2.71. The minimum Gasteiger partial charge on any atom is -0.469 e. The molecule has 0 aliphatic heterocycles. The van der Waals surface area contributed by atoms with Gasteiger partial charge < -0.3 is 14.6 Å². The van der Waals surface area contributed by atoms with E-state index in [1.54, 1.807) is 12.7 Å². The average molecular weight is 529 g/mol. The molecular formula is C33H52O5. The molecule has 0 aromatic carbocycles. The van der Waals surface area contributed by atoms with Gasteiger partial charge in [-0.3, -0.25) is 4.79 Å². The van der Waals surface area contributed by atoms with E-state index < -0.39 is 12.6 Å². The van der Waals surface area contributed by atoms with E-state index in [1.165, 1.54) is 0 Å². The molecule has 1 unspecified atom stereocenters. The highest BCUT2D eigenvalue weighted by Crippen LogP contribution is 2.75. The number of hydrogen-bond acceptors (Lipinski definition) is 5. The minimum atomic E-state index is -0.549. The van der Waals surface area contributed by atoms with Crippen LogP contribution in [0.3, 0.4) is 0 Å². The number of allylic oxidation sites excluding steroid dienone is 2. The van der Waals surface area contributed by atoms with Crippen molar-refractivity contribution >= 4 is 11.9 Å². The molecule has 1 N–H and O–H groups in total. The molecular weight excluding hydrogens is 476 g/mol. The van der Waals surface area contributed by atoms with Gasteiger partial charge in [-0.25, -0.2) is 4.79 Å². The summed E-state index contributed by atoms with van der Waals surface area (Å²) in [5.74, 6) is 0.797. The average Bonchev–Trinajstić information content (AvgIpc) is 2.85. The van der Waals surface area contributed by atoms with Crippen molar-refractivity contribution < 1.29 is 24.2 Å². The Morgan fingerprint density at radius 3 is 2.26 bits per heavy atom. The summed E-state index contributed by atoms with van der Waals surface area (Å²) in [4.78, 5) is 25.4. The Bertz CT molecular complexity index is 1030. The molecule has 4 fully saturated rings. The van der Waals surface area contributed by atoms with Gasteiger partial charge in [0, 0.05) is 5.41 Å². The van der Waals surface area contributed by atoms with Crippen LogP contribution in [0.25, 0.3) is 0 Å². The molecule has 4 saturated carbocycles. The lowest BCUT2D eigenvalue weighted by Crippen LogP contribution is -2.65. The molecule has 5 rings (SSSR count). The van der Waals surface area contributed by atoms with E-state index in [0.717, 1.165) is 64.2 Å². The number of carbonyl (C=O) groups is 2. The fraction of sp³-hybridized carbons (Fsp3) is 0.879. The second-order valence-corrected chi connectivity index (χ2v) is 15.9. The van der Waals surface area contributed by atoms with Crippen LogP contribution in [0.1, 0.15) is 113 Å². The summed E-state index contributed by atoms with van der Waals surface area (Å²) in [6, 6.07) is 0. The predicted octanol–water partition coefficient (Wildman–Crippen LogP) is 6.87. The molecule has 0 saturated heterocycles. The number of fused-ring (bicyclic) bond motifs is 7. The first-order valence-corrected chi connectivity index (χ1v) is 15.2. The predicted molar refractivity (Wildman–Crippen MR) is 148 cm³/mol. The maximum atomic E-state index is 13.4. The van der Waals surface area contributed by atoms with Gasteiger partial charge in [0.2, 0.25) is 0 Å². The van der Waals surface area contributed by atoms with Gasteiger partial charge in [-0.1, -0.05) is 60.1 Å². The van der Waals surface area contributed by atoms with Crippen LogP contribution >= 0.6 is 0 Å². The van der Waals surface area contributed by atoms with E-state index >= 15 is 0 Å². The van der Waals surface area contributed by atoms with Crippen LogP contribution in [0.4, 0.5) is 0 Å². The SMILES string of the molecule is COC(=O)[C@]12CCC(C)(C)C[C@@H]1C1=CC[C@@H]3[C@@]4(C)CC[C@H](OC(=O)CO)C(C)(C)C4CC[C@@]3(C)[C@]1(C)CC2. The normalized spacial score (nSPS) is 46.8. The highest BCUT2D eigenvalue weighted by Gasteiger charge is 2.69. The van der Waals surface area contributed by atoms with Crippen LogP contribution in [-0.2, 0) is 19.1 Å². The van der Waals surface area contributed by atoms with E-state index in [1.807, 2.05) is 0 Å². The summed E-state index contributed by atoms with van der Waals surface area (Å²) in [6.07, 6.45) is 12.8. The number of esters is 2. The maximum absolute atomic E-state index is 13.4. The van der Waals surface area contributed by atoms with Gasteiger partial charge >= 0.3 is 11.9 Å². The number of hydrogen-bond donors (Lipinski definition) is 1. The molecule has 0 amide bonds. The summed E-state index contributed by atoms with van der Waals surface area (Å²) in [7, 11) is 1.58. The number of aliphatic hydroxyl groups excluding tert-OH is 1. The standard InChI is InChI=1S/C33H52O5/c1-28(2)15-17-33(27(36)37-8)18-16-31(6)21(22(33)19-28)9-10-24-30(5)13-12-25(38-26(35)20-34)29(3,4)23(30)11-14-32(24,31)7/h9,22-25,34H,10-20H2,1-8H3/t22-,23?,24-,25+,30+,31-,32-,33+/m1/s1. The first-order chi connectivity index (χ1) is 17.6. The van der Waals surface area contributed by atoms with Crippen molar-refractivity contribution in [2.24, 2.45) is 50.2 Å². The van der Waals surface area contributed by atoms with Crippen molar-refractivity contribution in [1.82, 2.24) is 0 Å². The van der Waals surface area contributed by atoms with Gasteiger partial charge in [-0.15, -0.1) is 0 Å². The van der Waals surface area contributed by atoms with Crippen LogP contribution in [0.2, 0.25) is 0 Å². The van der Waals surface area contributed by atoms with Gasteiger partial charge in [0.15, 0.2) is 0 Å². The van der Waals surface area contributed by atoms with E-state index in [0.29, 0.717) is 11.8 Å². The third-order valence-electron chi connectivity index (χ3n) is 13.6. The van der Waals surface area contributed by atoms with Gasteiger partial charge in [0.1, 0.15) is 12.7 Å². The third-order valence-corrected chi connectivity index (χ3v) is 13.6. The van der Waals surface area contributed by atoms with Crippen LogP contribution in [0, 0.1) is 50.2 Å². The van der Waals surface area contributed by atoms with E-state index in [-0.39, 0.29) is 50.5 Å². The molecule has 8 atom stereocenters. The van der Waals surface area contributed by atoms with Gasteiger partial charge in [-0.2, -0.15) is 0 Å². The van der Waals surface area contributed by atoms with Crippen molar-refractivity contribution in [2.75, 3.05) is 13.7 Å². The zero-order valence-electron chi connectivity index (χ0n) is 25.2. The summed E-state index contributed by atoms with van der Waals surface area (Å²) in [5, 5.41) is 9.32. The summed E-state index contributed by atoms with van der Waals surface area (Å²) in [5.41, 5.74) is 1.69. The molecule has 5 heteroatoms. The lowest BCUT2D eigenvalue weighted by atomic mass is 9.33. The molecule has 0 bridgehead atoms. The quantitative estimate of drug-likeness (QED) is 0.320. The minimum absolute atomic E-state index is 0.0152. The molecule has 5 aliphatic carbocycles. The van der Waals surface area contributed by atoms with Crippen molar-refractivity contribution in [3.05, 3.63) is 11.6 Å². The highest BCUT2D eigenvalue weighted by atomic mass is 16.6. The van der Waals surface area contributed by atoms with Crippen LogP contribution in [-0.4, -0.2) is 36.9 Å². The number of carbonyl (C=O) groups excluding carboxylic acids is 2. The Morgan fingerprint density at radius 1 is 0.921 bits per heavy atom. The topological polar surface area (TPSA) is 72.8 Å². The van der Waals surface area contributed by atoms with Crippen molar-refractivity contribution in [3.8, 4) is 0 Å². The first kappa shape index (κ1) is 28.2. The lowest BCUT2D eigenvalue weighted by molar-refractivity contribution is -0.214. The Kier molecular flexibility index (Phi) is 6.54. The molecule has 0 spiro atoms. The molecule has 0 heterocycles. The van der Waals surface area contributed by atoms with Gasteiger partial charge in [-0.05, 0) is 104 Å². The number of ether oxygens (including phenoxy) is 2. The summed E-state index contributed by atoms with van der Waals surface area (Å²) >= 11 is 0. The molecule has 0 aromatic rings. The fourth-order valence-corrected chi connectivity index (χ4v) is 11.2.